The Morgan fingerprint density at radius 3 is 1.81 bits per heavy atom. The summed E-state index contributed by atoms with van der Waals surface area (Å²) >= 11 is 0. The minimum absolute atomic E-state index is 0. The first kappa shape index (κ1) is 23.8. The van der Waals surface area contributed by atoms with Crippen LogP contribution in [0.5, 0.6) is 0 Å². The number of nitrogens with zero attached hydrogens (tertiary/aromatic N) is 3. The Morgan fingerprint density at radius 1 is 1.14 bits per heavy atom. The zero-order valence-corrected chi connectivity index (χ0v) is 12.3. The van der Waals surface area contributed by atoms with Crippen LogP contribution in [0.15, 0.2) is 35.4 Å². The average molecular weight is 363 g/mol. The third-order valence-electron chi connectivity index (χ3n) is 1.53. The van der Waals surface area contributed by atoms with Crippen LogP contribution >= 0.6 is 0 Å². The van der Waals surface area contributed by atoms with E-state index in [1.807, 2.05) is 0 Å². The van der Waals surface area contributed by atoms with Gasteiger partial charge in [-0.1, -0.05) is 0 Å². The van der Waals surface area contributed by atoms with Gasteiger partial charge in [0.15, 0.2) is 0 Å². The molecule has 0 saturated carbocycles. The topological polar surface area (TPSA) is 118 Å². The fraction of sp³-hybridized carbons (Fsp3) is 0. The van der Waals surface area contributed by atoms with Gasteiger partial charge < -0.3 is 41.0 Å². The maximum absolute atomic E-state index is 10.1. The van der Waals surface area contributed by atoms with E-state index >= 15 is 0 Å². The maximum atomic E-state index is 10.1. The van der Waals surface area contributed by atoms with Gasteiger partial charge in [-0.3, -0.25) is 10.1 Å². The van der Waals surface area contributed by atoms with E-state index in [0.717, 1.165) is 0 Å². The summed E-state index contributed by atoms with van der Waals surface area (Å²) < 4.78 is 15.0. The van der Waals surface area contributed by atoms with E-state index in [2.05, 4.69) is 42.7 Å². The molecule has 2 aromatic rings. The molecular formula is C13H5MoN3O4-4. The van der Waals surface area contributed by atoms with Gasteiger partial charge in [0.25, 0.3) is 5.69 Å². The van der Waals surface area contributed by atoms with Gasteiger partial charge >= 0.3 is 43.7 Å². The molecule has 0 aliphatic heterocycles. The molecule has 0 aromatic heterocycles. The van der Waals surface area contributed by atoms with E-state index in [4.69, 9.17) is 14.8 Å². The Kier molecular flexibility index (Phi) is 20.1. The standard InChI is InChI=1S/C6H4N3O2.C5H.2CO.Mo/c7-8-5-1-3-6(4-2-5)9(10)11;1-2-4-5-3-1;2*1-2;/h1-4H;1H;;;/q-1;-5;;;+2. The smallest absolute Gasteiger partial charge is 0.999 e. The number of rotatable bonds is 2. The summed E-state index contributed by atoms with van der Waals surface area (Å²) in [5.41, 5.74) is 8.51. The molecule has 0 fully saturated rings. The number of hydrogen-bond acceptors (Lipinski definition) is 3. The van der Waals surface area contributed by atoms with Crippen molar-refractivity contribution in [1.82, 2.24) is 0 Å². The molecule has 0 radical (unpaired) electrons. The van der Waals surface area contributed by atoms with Crippen molar-refractivity contribution in [2.24, 2.45) is 5.11 Å². The molecule has 0 unspecified atom stereocenters. The molecule has 0 bridgehead atoms. The zero-order chi connectivity index (χ0) is 15.8. The Morgan fingerprint density at radius 2 is 1.57 bits per heavy atom. The van der Waals surface area contributed by atoms with Crippen molar-refractivity contribution in [3.05, 3.63) is 83.5 Å². The Bertz CT molecular complexity index is 498. The maximum Gasteiger partial charge on any atom is 2.00 e. The first-order valence-electron chi connectivity index (χ1n) is 4.57. The van der Waals surface area contributed by atoms with Crippen molar-refractivity contribution in [3.8, 4) is 0 Å². The predicted molar refractivity (Wildman–Crippen MR) is 63.8 cm³/mol. The molecular weight excluding hydrogens is 358 g/mol. The van der Waals surface area contributed by atoms with Gasteiger partial charge in [0, 0.05) is 17.8 Å². The molecule has 106 valence electrons. The SMILES string of the molecule is [C-]#[O+].[C-]#[O+].[Mo+2].[N-]=Nc1ccc([N+](=O)[O-])cc1.[c-]1[c-][c-][cH-][c-]1. The molecule has 0 saturated heterocycles. The van der Waals surface area contributed by atoms with Crippen molar-refractivity contribution in [3.63, 3.8) is 0 Å². The molecule has 8 heteroatoms. The van der Waals surface area contributed by atoms with Gasteiger partial charge in [0.2, 0.25) is 0 Å². The van der Waals surface area contributed by atoms with Crippen LogP contribution in [0.25, 0.3) is 5.53 Å². The monoisotopic (exact) mass is 365 g/mol. The third kappa shape index (κ3) is 12.5. The fourth-order valence-electron chi connectivity index (χ4n) is 0.821. The summed E-state index contributed by atoms with van der Waals surface area (Å²) in [5, 5.41) is 13.0. The number of benzene rings is 1. The van der Waals surface area contributed by atoms with Crippen molar-refractivity contribution < 1.29 is 35.3 Å². The Balaban J connectivity index is -0.000000273. The van der Waals surface area contributed by atoms with Crippen LogP contribution in [0.1, 0.15) is 0 Å². The molecule has 2 aromatic carbocycles. The second kappa shape index (κ2) is 17.7. The molecule has 0 spiro atoms. The van der Waals surface area contributed by atoms with Crippen molar-refractivity contribution in [2.75, 3.05) is 0 Å². The first-order valence-corrected chi connectivity index (χ1v) is 4.57. The van der Waals surface area contributed by atoms with E-state index in [1.165, 1.54) is 24.3 Å². The van der Waals surface area contributed by atoms with Crippen LogP contribution in [0.4, 0.5) is 11.4 Å². The predicted octanol–water partition coefficient (Wildman–Crippen LogP) is 2.78. The largest absolute Gasteiger partial charge is 2.00 e. The first-order chi connectivity index (χ1) is 9.74. The summed E-state index contributed by atoms with van der Waals surface area (Å²) in [5.74, 6) is 0. The summed E-state index contributed by atoms with van der Waals surface area (Å²) in [6, 6.07) is 17.3. The van der Waals surface area contributed by atoms with E-state index in [9.17, 15) is 10.1 Å². The molecule has 0 heterocycles. The number of nitro groups is 1. The van der Waals surface area contributed by atoms with E-state index in [-0.39, 0.29) is 26.8 Å². The van der Waals surface area contributed by atoms with Crippen molar-refractivity contribution in [2.45, 2.75) is 0 Å². The Labute approximate surface area is 135 Å². The summed E-state index contributed by atoms with van der Waals surface area (Å²) in [6.07, 6.45) is 0. The molecule has 0 aliphatic carbocycles. The van der Waals surface area contributed by atoms with Gasteiger partial charge in [0.05, 0.1) is 4.92 Å². The molecule has 0 aliphatic rings. The molecule has 21 heavy (non-hydrogen) atoms. The minimum Gasteiger partial charge on any atom is -0.999 e. The third-order valence-corrected chi connectivity index (χ3v) is 1.53. The van der Waals surface area contributed by atoms with E-state index in [0.29, 0.717) is 5.69 Å². The number of non-ortho nitro benzene ring substituents is 1. The summed E-state index contributed by atoms with van der Waals surface area (Å²) in [4.78, 5) is 9.60. The quantitative estimate of drug-likeness (QED) is 0.204. The summed E-state index contributed by atoms with van der Waals surface area (Å²) in [6.45, 7) is 9.00. The number of nitro benzene ring substituents is 1. The van der Waals surface area contributed by atoms with Crippen LogP contribution in [0, 0.1) is 47.7 Å². The van der Waals surface area contributed by atoms with Gasteiger partial charge in [-0.05, 0) is 12.1 Å². The molecule has 0 atom stereocenters. The normalized spacial score (nSPS) is 6.86. The van der Waals surface area contributed by atoms with Gasteiger partial charge in [-0.15, -0.1) is 0 Å². The second-order valence-corrected chi connectivity index (χ2v) is 2.56. The molecule has 0 amide bonds. The second-order valence-electron chi connectivity index (χ2n) is 2.56. The fourth-order valence-corrected chi connectivity index (χ4v) is 0.821. The van der Waals surface area contributed by atoms with Gasteiger partial charge in [-0.2, -0.15) is 0 Å². The van der Waals surface area contributed by atoms with Crippen molar-refractivity contribution >= 4 is 11.4 Å². The molecule has 2 rings (SSSR count). The van der Waals surface area contributed by atoms with Crippen LogP contribution in [0.3, 0.4) is 0 Å². The van der Waals surface area contributed by atoms with E-state index < -0.39 is 4.92 Å². The van der Waals surface area contributed by atoms with E-state index in [1.54, 1.807) is 6.07 Å². The average Bonchev–Trinajstić information content (AvgIpc) is 3.11. The van der Waals surface area contributed by atoms with Crippen molar-refractivity contribution in [1.29, 1.82) is 0 Å². The Hall–Kier alpha value is -2.26. The van der Waals surface area contributed by atoms with Crippen LogP contribution in [0.2, 0.25) is 0 Å². The minimum atomic E-state index is -0.513. The van der Waals surface area contributed by atoms with Gasteiger partial charge in [0.1, 0.15) is 0 Å². The molecule has 7 nitrogen and oxygen atoms in total. The van der Waals surface area contributed by atoms with Crippen LogP contribution < -0.4 is 0 Å². The number of hydrogen-bond donors (Lipinski definition) is 0. The van der Waals surface area contributed by atoms with Gasteiger partial charge in [-0.25, -0.2) is 0 Å². The van der Waals surface area contributed by atoms with Crippen LogP contribution in [-0.2, 0) is 30.4 Å². The molecule has 0 N–H and O–H groups in total. The summed E-state index contributed by atoms with van der Waals surface area (Å²) in [7, 11) is 0. The zero-order valence-electron chi connectivity index (χ0n) is 10.3. The van der Waals surface area contributed by atoms with Crippen LogP contribution in [-0.4, -0.2) is 4.92 Å².